The van der Waals surface area contributed by atoms with Crippen molar-refractivity contribution in [2.24, 2.45) is 0 Å². The minimum atomic E-state index is -0.233. The molecule has 1 aliphatic rings. The van der Waals surface area contributed by atoms with Crippen molar-refractivity contribution in [2.75, 3.05) is 58.7 Å². The lowest BCUT2D eigenvalue weighted by molar-refractivity contribution is -0.134. The Morgan fingerprint density at radius 2 is 1.84 bits per heavy atom. The van der Waals surface area contributed by atoms with Gasteiger partial charge in [0.25, 0.3) is 0 Å². The first-order valence-electron chi connectivity index (χ1n) is 10.7. The molecule has 3 rings (SSSR count). The molecule has 0 atom stereocenters. The first-order chi connectivity index (χ1) is 15.3. The Morgan fingerprint density at radius 3 is 2.53 bits per heavy atom. The standard InChI is InChI=1S/C24H31ClN4O3/c1-18-5-4-6-19(13-18)15-28-9-11-29(12-10-28)24(31)17-27(2)16-23(30)26-21-14-20(25)7-8-22(21)32-3/h4-8,13-14H,9-12,15-17H2,1-3H3,(H,26,30). The van der Waals surface area contributed by atoms with Crippen molar-refractivity contribution < 1.29 is 14.3 Å². The summed E-state index contributed by atoms with van der Waals surface area (Å²) in [5.74, 6) is 0.338. The van der Waals surface area contributed by atoms with Gasteiger partial charge in [0.05, 0.1) is 25.9 Å². The molecule has 1 N–H and O–H groups in total. The molecule has 2 amide bonds. The van der Waals surface area contributed by atoms with E-state index in [9.17, 15) is 9.59 Å². The number of aryl methyl sites for hydroxylation is 1. The van der Waals surface area contributed by atoms with Crippen LogP contribution in [0.15, 0.2) is 42.5 Å². The zero-order valence-corrected chi connectivity index (χ0v) is 19.7. The van der Waals surface area contributed by atoms with E-state index in [-0.39, 0.29) is 24.9 Å². The second kappa shape index (κ2) is 11.3. The quantitative estimate of drug-likeness (QED) is 0.659. The molecule has 2 aromatic carbocycles. The Labute approximate surface area is 194 Å². The number of carbonyl (C=O) groups excluding carboxylic acids is 2. The van der Waals surface area contributed by atoms with Crippen molar-refractivity contribution in [3.8, 4) is 5.75 Å². The van der Waals surface area contributed by atoms with E-state index in [2.05, 4.69) is 41.4 Å². The molecule has 7 nitrogen and oxygen atoms in total. The second-order valence-corrected chi connectivity index (χ2v) is 8.65. The maximum atomic E-state index is 12.7. The van der Waals surface area contributed by atoms with Gasteiger partial charge in [-0.3, -0.25) is 19.4 Å². The van der Waals surface area contributed by atoms with Crippen molar-refractivity contribution in [3.05, 3.63) is 58.6 Å². The maximum absolute atomic E-state index is 12.7. The summed E-state index contributed by atoms with van der Waals surface area (Å²) >= 11 is 6.01. The Morgan fingerprint density at radius 1 is 1.09 bits per heavy atom. The summed E-state index contributed by atoms with van der Waals surface area (Å²) < 4.78 is 5.25. The van der Waals surface area contributed by atoms with Crippen LogP contribution in [-0.4, -0.2) is 79.9 Å². The molecule has 0 saturated carbocycles. The molecule has 1 saturated heterocycles. The molecule has 0 unspecified atom stereocenters. The van der Waals surface area contributed by atoms with E-state index in [1.54, 1.807) is 30.1 Å². The molecule has 1 heterocycles. The minimum Gasteiger partial charge on any atom is -0.495 e. The fraction of sp³-hybridized carbons (Fsp3) is 0.417. The fourth-order valence-electron chi connectivity index (χ4n) is 3.82. The van der Waals surface area contributed by atoms with Gasteiger partial charge in [-0.1, -0.05) is 41.4 Å². The number of hydrogen-bond donors (Lipinski definition) is 1. The predicted octanol–water partition coefficient (Wildman–Crippen LogP) is 2.87. The molecule has 172 valence electrons. The van der Waals surface area contributed by atoms with Crippen molar-refractivity contribution in [3.63, 3.8) is 0 Å². The molecule has 1 aliphatic heterocycles. The average molecular weight is 459 g/mol. The molecular weight excluding hydrogens is 428 g/mol. The van der Waals surface area contributed by atoms with Crippen LogP contribution < -0.4 is 10.1 Å². The van der Waals surface area contributed by atoms with Crippen molar-refractivity contribution in [1.29, 1.82) is 0 Å². The van der Waals surface area contributed by atoms with Gasteiger partial charge in [0, 0.05) is 37.7 Å². The number of methoxy groups -OCH3 is 1. The van der Waals surface area contributed by atoms with Gasteiger partial charge < -0.3 is 15.0 Å². The second-order valence-electron chi connectivity index (χ2n) is 8.21. The lowest BCUT2D eigenvalue weighted by atomic mass is 10.1. The number of piperazine rings is 1. The van der Waals surface area contributed by atoms with Crippen molar-refractivity contribution in [1.82, 2.24) is 14.7 Å². The van der Waals surface area contributed by atoms with Gasteiger partial charge in [0.1, 0.15) is 5.75 Å². The summed E-state index contributed by atoms with van der Waals surface area (Å²) in [6, 6.07) is 13.6. The minimum absolute atomic E-state index is 0.0378. The predicted molar refractivity (Wildman–Crippen MR) is 127 cm³/mol. The van der Waals surface area contributed by atoms with Gasteiger partial charge in [0.15, 0.2) is 0 Å². The monoisotopic (exact) mass is 458 g/mol. The molecule has 0 aromatic heterocycles. The van der Waals surface area contributed by atoms with Crippen LogP contribution >= 0.6 is 11.6 Å². The van der Waals surface area contributed by atoms with Gasteiger partial charge in [0.2, 0.25) is 11.8 Å². The summed E-state index contributed by atoms with van der Waals surface area (Å²) in [4.78, 5) is 31.1. The number of ether oxygens (including phenoxy) is 1. The molecular formula is C24H31ClN4O3. The number of amides is 2. The Kier molecular flexibility index (Phi) is 8.50. The van der Waals surface area contributed by atoms with E-state index in [0.29, 0.717) is 29.5 Å². The maximum Gasteiger partial charge on any atom is 0.238 e. The highest BCUT2D eigenvalue weighted by Gasteiger charge is 2.22. The first-order valence-corrected chi connectivity index (χ1v) is 11.1. The number of halogens is 1. The molecule has 32 heavy (non-hydrogen) atoms. The molecule has 0 aliphatic carbocycles. The van der Waals surface area contributed by atoms with E-state index in [0.717, 1.165) is 19.6 Å². The van der Waals surface area contributed by atoms with Crippen LogP contribution in [0.5, 0.6) is 5.75 Å². The molecule has 8 heteroatoms. The van der Waals surface area contributed by atoms with E-state index in [1.165, 1.54) is 18.2 Å². The molecule has 0 radical (unpaired) electrons. The Balaban J connectivity index is 1.43. The third-order valence-electron chi connectivity index (χ3n) is 5.47. The number of benzene rings is 2. The van der Waals surface area contributed by atoms with E-state index < -0.39 is 0 Å². The zero-order chi connectivity index (χ0) is 23.1. The lowest BCUT2D eigenvalue weighted by Crippen LogP contribution is -2.51. The van der Waals surface area contributed by atoms with Gasteiger partial charge in [-0.15, -0.1) is 0 Å². The topological polar surface area (TPSA) is 65.1 Å². The van der Waals surface area contributed by atoms with Crippen LogP contribution in [0.3, 0.4) is 0 Å². The van der Waals surface area contributed by atoms with Crippen LogP contribution in [-0.2, 0) is 16.1 Å². The third-order valence-corrected chi connectivity index (χ3v) is 5.70. The van der Waals surface area contributed by atoms with Crippen LogP contribution in [0.2, 0.25) is 5.02 Å². The van der Waals surface area contributed by atoms with E-state index in [1.807, 2.05) is 4.90 Å². The molecule has 2 aromatic rings. The van der Waals surface area contributed by atoms with Gasteiger partial charge >= 0.3 is 0 Å². The average Bonchev–Trinajstić information content (AvgIpc) is 2.74. The van der Waals surface area contributed by atoms with E-state index >= 15 is 0 Å². The number of likely N-dealkylation sites (N-methyl/N-ethyl adjacent to an activating group) is 1. The number of anilines is 1. The summed E-state index contributed by atoms with van der Waals surface area (Å²) in [5, 5.41) is 3.30. The van der Waals surface area contributed by atoms with E-state index in [4.69, 9.17) is 16.3 Å². The SMILES string of the molecule is COc1ccc(Cl)cc1NC(=O)CN(C)CC(=O)N1CCN(Cc2cccc(C)c2)CC1. The van der Waals surface area contributed by atoms with Crippen molar-refractivity contribution >= 4 is 29.1 Å². The zero-order valence-electron chi connectivity index (χ0n) is 18.9. The van der Waals surface area contributed by atoms with Gasteiger partial charge in [-0.25, -0.2) is 0 Å². The highest BCUT2D eigenvalue weighted by Crippen LogP contribution is 2.27. The largest absolute Gasteiger partial charge is 0.495 e. The highest BCUT2D eigenvalue weighted by atomic mass is 35.5. The number of hydrogen-bond acceptors (Lipinski definition) is 5. The van der Waals surface area contributed by atoms with Crippen LogP contribution in [0, 0.1) is 6.92 Å². The lowest BCUT2D eigenvalue weighted by Gasteiger charge is -2.35. The normalized spacial score (nSPS) is 14.5. The fourth-order valence-corrected chi connectivity index (χ4v) is 4.00. The Hall–Kier alpha value is -2.61. The highest BCUT2D eigenvalue weighted by molar-refractivity contribution is 6.31. The Bertz CT molecular complexity index is 945. The molecule has 0 bridgehead atoms. The number of carbonyl (C=O) groups is 2. The summed E-state index contributed by atoms with van der Waals surface area (Å²) in [5.41, 5.74) is 3.07. The van der Waals surface area contributed by atoms with Crippen molar-refractivity contribution in [2.45, 2.75) is 13.5 Å². The third kappa shape index (κ3) is 6.95. The van der Waals surface area contributed by atoms with Gasteiger partial charge in [-0.05, 0) is 37.7 Å². The number of nitrogens with zero attached hydrogens (tertiary/aromatic N) is 3. The van der Waals surface area contributed by atoms with Crippen LogP contribution in [0.25, 0.3) is 0 Å². The summed E-state index contributed by atoms with van der Waals surface area (Å²) in [6.45, 7) is 6.37. The van der Waals surface area contributed by atoms with Crippen LogP contribution in [0.4, 0.5) is 5.69 Å². The molecule has 0 spiro atoms. The first kappa shape index (κ1) is 24.0. The van der Waals surface area contributed by atoms with Crippen LogP contribution in [0.1, 0.15) is 11.1 Å². The van der Waals surface area contributed by atoms with Gasteiger partial charge in [-0.2, -0.15) is 0 Å². The number of rotatable bonds is 8. The molecule has 1 fully saturated rings. The number of nitrogens with one attached hydrogen (secondary N) is 1. The summed E-state index contributed by atoms with van der Waals surface area (Å²) in [6.07, 6.45) is 0. The summed E-state index contributed by atoms with van der Waals surface area (Å²) in [7, 11) is 3.30. The smallest absolute Gasteiger partial charge is 0.238 e.